The Kier molecular flexibility index (Phi) is 3.19. The summed E-state index contributed by atoms with van der Waals surface area (Å²) in [6.45, 7) is 4.12. The molecule has 72 valence electrons. The number of aromatic nitrogens is 1. The Bertz CT molecular complexity index is 393. The van der Waals surface area contributed by atoms with Gasteiger partial charge in [-0.1, -0.05) is 0 Å². The van der Waals surface area contributed by atoms with Gasteiger partial charge in [0.05, 0.1) is 11.3 Å². The summed E-state index contributed by atoms with van der Waals surface area (Å²) < 4.78 is 0. The lowest BCUT2D eigenvalue weighted by Gasteiger charge is -2.02. The predicted octanol–water partition coefficient (Wildman–Crippen LogP) is 1.01. The molecule has 4 nitrogen and oxygen atoms in total. The molecule has 1 aromatic rings. The van der Waals surface area contributed by atoms with Crippen LogP contribution < -0.4 is 5.32 Å². The van der Waals surface area contributed by atoms with E-state index in [4.69, 9.17) is 5.26 Å². The molecule has 1 rings (SSSR count). The molecule has 1 heterocycles. The van der Waals surface area contributed by atoms with Crippen LogP contribution in [0.4, 0.5) is 0 Å². The first-order valence-corrected chi connectivity index (χ1v) is 4.35. The quantitative estimate of drug-likeness (QED) is 0.755. The van der Waals surface area contributed by atoms with Gasteiger partial charge in [-0.3, -0.25) is 4.79 Å². The highest BCUT2D eigenvalue weighted by Gasteiger charge is 2.07. The predicted molar refractivity (Wildman–Crippen MR) is 51.7 cm³/mol. The molecular weight excluding hydrogens is 178 g/mol. The first kappa shape index (κ1) is 10.2. The molecule has 0 aromatic carbocycles. The second-order valence-corrected chi connectivity index (χ2v) is 2.80. The van der Waals surface area contributed by atoms with Crippen molar-refractivity contribution in [2.24, 2.45) is 0 Å². The average molecular weight is 189 g/mol. The molecule has 0 radical (unpaired) electrons. The number of nitrogens with one attached hydrogen (secondary N) is 1. The van der Waals surface area contributed by atoms with Crippen LogP contribution >= 0.6 is 0 Å². The number of nitrogens with zero attached hydrogens (tertiary/aromatic N) is 2. The molecule has 1 amide bonds. The summed E-state index contributed by atoms with van der Waals surface area (Å²) in [5.74, 6) is -0.208. The highest BCUT2D eigenvalue weighted by Crippen LogP contribution is 2.04. The number of rotatable bonds is 2. The molecule has 1 N–H and O–H groups in total. The molecule has 0 saturated carbocycles. The summed E-state index contributed by atoms with van der Waals surface area (Å²) in [6, 6.07) is 5.16. The number of amides is 1. The molecule has 14 heavy (non-hydrogen) atoms. The number of carbonyl (C=O) groups excluding carboxylic acids is 1. The minimum Gasteiger partial charge on any atom is -0.351 e. The average Bonchev–Trinajstić information content (AvgIpc) is 2.18. The summed E-state index contributed by atoms with van der Waals surface area (Å²) in [6.07, 6.45) is 0. The molecule has 0 atom stereocenters. The Labute approximate surface area is 82.6 Å². The van der Waals surface area contributed by atoms with Crippen LogP contribution in [0.3, 0.4) is 0 Å². The molecule has 0 unspecified atom stereocenters. The Hall–Kier alpha value is -1.89. The summed E-state index contributed by atoms with van der Waals surface area (Å²) in [7, 11) is 0. The number of carbonyl (C=O) groups is 1. The molecule has 0 bridgehead atoms. The SMILES string of the molecule is CCNC(=O)c1ccc(C#N)c(C)n1. The van der Waals surface area contributed by atoms with E-state index in [0.29, 0.717) is 23.5 Å². The van der Waals surface area contributed by atoms with Crippen molar-refractivity contribution in [2.75, 3.05) is 6.54 Å². The van der Waals surface area contributed by atoms with E-state index in [2.05, 4.69) is 10.3 Å². The highest BCUT2D eigenvalue weighted by atomic mass is 16.1. The number of aryl methyl sites for hydroxylation is 1. The Morgan fingerprint density at radius 1 is 1.64 bits per heavy atom. The molecule has 0 aliphatic rings. The molecule has 0 fully saturated rings. The largest absolute Gasteiger partial charge is 0.351 e. The normalized spacial score (nSPS) is 9.21. The van der Waals surface area contributed by atoms with Gasteiger partial charge in [0.15, 0.2) is 0 Å². The number of hydrogen-bond acceptors (Lipinski definition) is 3. The van der Waals surface area contributed by atoms with Gasteiger partial charge in [-0.25, -0.2) is 4.98 Å². The summed E-state index contributed by atoms with van der Waals surface area (Å²) in [5.41, 5.74) is 1.43. The van der Waals surface area contributed by atoms with Crippen LogP contribution in [-0.2, 0) is 0 Å². The Balaban J connectivity index is 2.98. The second-order valence-electron chi connectivity index (χ2n) is 2.80. The van der Waals surface area contributed by atoms with Gasteiger partial charge in [-0.2, -0.15) is 5.26 Å². The zero-order valence-electron chi connectivity index (χ0n) is 8.16. The van der Waals surface area contributed by atoms with Gasteiger partial charge in [0.1, 0.15) is 11.8 Å². The van der Waals surface area contributed by atoms with Crippen molar-refractivity contribution in [3.8, 4) is 6.07 Å². The van der Waals surface area contributed by atoms with Gasteiger partial charge in [0.2, 0.25) is 0 Å². The van der Waals surface area contributed by atoms with E-state index >= 15 is 0 Å². The van der Waals surface area contributed by atoms with Gasteiger partial charge in [0, 0.05) is 6.54 Å². The van der Waals surface area contributed by atoms with Gasteiger partial charge in [0.25, 0.3) is 5.91 Å². The smallest absolute Gasteiger partial charge is 0.269 e. The van der Waals surface area contributed by atoms with Crippen LogP contribution in [0.1, 0.15) is 28.7 Å². The fraction of sp³-hybridized carbons (Fsp3) is 0.300. The van der Waals surface area contributed by atoms with Gasteiger partial charge in [-0.15, -0.1) is 0 Å². The minimum absolute atomic E-state index is 0.208. The van der Waals surface area contributed by atoms with Gasteiger partial charge >= 0.3 is 0 Å². The van der Waals surface area contributed by atoms with Crippen LogP contribution in [0.5, 0.6) is 0 Å². The summed E-state index contributed by atoms with van der Waals surface area (Å²) in [5, 5.41) is 11.3. The third-order valence-corrected chi connectivity index (χ3v) is 1.78. The van der Waals surface area contributed by atoms with E-state index in [-0.39, 0.29) is 5.91 Å². The minimum atomic E-state index is -0.208. The molecule has 0 aliphatic carbocycles. The third kappa shape index (κ3) is 2.07. The molecule has 0 spiro atoms. The standard InChI is InChI=1S/C10H11N3O/c1-3-12-10(14)9-5-4-8(6-11)7(2)13-9/h4-5H,3H2,1-2H3,(H,12,14). The van der Waals surface area contributed by atoms with Crippen molar-refractivity contribution in [3.05, 3.63) is 29.1 Å². The van der Waals surface area contributed by atoms with Crippen LogP contribution in [-0.4, -0.2) is 17.4 Å². The van der Waals surface area contributed by atoms with Crippen molar-refractivity contribution >= 4 is 5.91 Å². The highest BCUT2D eigenvalue weighted by molar-refractivity contribution is 5.92. The molecule has 4 heteroatoms. The van der Waals surface area contributed by atoms with Crippen molar-refractivity contribution in [1.82, 2.24) is 10.3 Å². The molecule has 1 aromatic heterocycles. The lowest BCUT2D eigenvalue weighted by atomic mass is 10.2. The fourth-order valence-corrected chi connectivity index (χ4v) is 1.06. The van der Waals surface area contributed by atoms with Crippen LogP contribution in [0.25, 0.3) is 0 Å². The van der Waals surface area contributed by atoms with Crippen molar-refractivity contribution in [3.63, 3.8) is 0 Å². The van der Waals surface area contributed by atoms with E-state index in [0.717, 1.165) is 0 Å². The summed E-state index contributed by atoms with van der Waals surface area (Å²) in [4.78, 5) is 15.4. The van der Waals surface area contributed by atoms with Gasteiger partial charge in [-0.05, 0) is 26.0 Å². The first-order chi connectivity index (χ1) is 6.69. The Morgan fingerprint density at radius 3 is 2.86 bits per heavy atom. The number of nitriles is 1. The number of hydrogen-bond donors (Lipinski definition) is 1. The van der Waals surface area contributed by atoms with Crippen LogP contribution in [0.2, 0.25) is 0 Å². The topological polar surface area (TPSA) is 65.8 Å². The van der Waals surface area contributed by atoms with E-state index in [1.807, 2.05) is 13.0 Å². The molecular formula is C10H11N3O. The van der Waals surface area contributed by atoms with Crippen LogP contribution in [0.15, 0.2) is 12.1 Å². The van der Waals surface area contributed by atoms with Gasteiger partial charge < -0.3 is 5.32 Å². The van der Waals surface area contributed by atoms with E-state index in [1.165, 1.54) is 0 Å². The van der Waals surface area contributed by atoms with Crippen molar-refractivity contribution in [2.45, 2.75) is 13.8 Å². The monoisotopic (exact) mass is 189 g/mol. The zero-order valence-corrected chi connectivity index (χ0v) is 8.16. The zero-order chi connectivity index (χ0) is 10.6. The number of pyridine rings is 1. The maximum atomic E-state index is 11.3. The van der Waals surface area contributed by atoms with Crippen molar-refractivity contribution < 1.29 is 4.79 Å². The van der Waals surface area contributed by atoms with Crippen LogP contribution in [0, 0.1) is 18.3 Å². The lowest BCUT2D eigenvalue weighted by molar-refractivity contribution is 0.0950. The molecule has 0 aliphatic heterocycles. The maximum Gasteiger partial charge on any atom is 0.269 e. The maximum absolute atomic E-state index is 11.3. The van der Waals surface area contributed by atoms with E-state index < -0.39 is 0 Å². The first-order valence-electron chi connectivity index (χ1n) is 4.35. The van der Waals surface area contributed by atoms with E-state index in [9.17, 15) is 4.79 Å². The summed E-state index contributed by atoms with van der Waals surface area (Å²) >= 11 is 0. The molecule has 0 saturated heterocycles. The Morgan fingerprint density at radius 2 is 2.36 bits per heavy atom. The second kappa shape index (κ2) is 4.38. The van der Waals surface area contributed by atoms with E-state index in [1.54, 1.807) is 19.1 Å². The third-order valence-electron chi connectivity index (χ3n) is 1.78. The van der Waals surface area contributed by atoms with Crippen molar-refractivity contribution in [1.29, 1.82) is 5.26 Å². The lowest BCUT2D eigenvalue weighted by Crippen LogP contribution is -2.23. The fourth-order valence-electron chi connectivity index (χ4n) is 1.06.